The van der Waals surface area contributed by atoms with Crippen LogP contribution in [-0.4, -0.2) is 47.9 Å². The maximum Gasteiger partial charge on any atom is 0.228 e. The Morgan fingerprint density at radius 2 is 1.88 bits per heavy atom. The fraction of sp³-hybridized carbons (Fsp3) is 0.588. The molecule has 2 N–H and O–H groups in total. The fourth-order valence-corrected chi connectivity index (χ4v) is 3.47. The van der Waals surface area contributed by atoms with Gasteiger partial charge in [0, 0.05) is 31.7 Å². The van der Waals surface area contributed by atoms with E-state index in [9.17, 15) is 9.59 Å². The summed E-state index contributed by atoms with van der Waals surface area (Å²) in [4.78, 5) is 30.8. The summed E-state index contributed by atoms with van der Waals surface area (Å²) in [5, 5.41) is 6.65. The lowest BCUT2D eigenvalue weighted by atomic mass is 9.93. The third-order valence-electron chi connectivity index (χ3n) is 4.80. The van der Waals surface area contributed by atoms with E-state index < -0.39 is 0 Å². The highest BCUT2D eigenvalue weighted by Gasteiger charge is 2.31. The molecule has 1 atom stereocenters. The minimum absolute atomic E-state index is 0. The van der Waals surface area contributed by atoms with Crippen molar-refractivity contribution in [1.82, 2.24) is 15.2 Å². The van der Waals surface area contributed by atoms with E-state index in [2.05, 4.69) is 15.6 Å². The van der Waals surface area contributed by atoms with E-state index in [1.807, 2.05) is 4.90 Å². The number of amides is 2. The van der Waals surface area contributed by atoms with Crippen LogP contribution < -0.4 is 10.6 Å². The average Bonchev–Trinajstić information content (AvgIpc) is 2.64. The molecule has 3 heterocycles. The fourth-order valence-electron chi connectivity index (χ4n) is 3.36. The second kappa shape index (κ2) is 10.9. The van der Waals surface area contributed by atoms with Crippen molar-refractivity contribution < 1.29 is 9.59 Å². The number of piperidine rings is 2. The molecule has 2 saturated heterocycles. The van der Waals surface area contributed by atoms with E-state index >= 15 is 0 Å². The summed E-state index contributed by atoms with van der Waals surface area (Å²) < 4.78 is 0. The first-order valence-corrected chi connectivity index (χ1v) is 8.93. The van der Waals surface area contributed by atoms with Gasteiger partial charge < -0.3 is 15.5 Å². The molecular weight excluding hydrogens is 399 g/mol. The van der Waals surface area contributed by atoms with Gasteiger partial charge in [-0.15, -0.1) is 24.8 Å². The van der Waals surface area contributed by atoms with Gasteiger partial charge in [0.1, 0.15) is 5.82 Å². The van der Waals surface area contributed by atoms with Crippen molar-refractivity contribution in [3.63, 3.8) is 0 Å². The number of hydrogen-bond donors (Lipinski definition) is 2. The Labute approximate surface area is 171 Å². The van der Waals surface area contributed by atoms with Crippen LogP contribution in [0.4, 0.5) is 5.82 Å². The van der Waals surface area contributed by atoms with Gasteiger partial charge in [-0.1, -0.05) is 11.6 Å². The molecule has 0 radical (unpaired) electrons. The number of nitrogens with one attached hydrogen (secondary N) is 2. The molecule has 3 rings (SSSR count). The number of carbonyl (C=O) groups excluding carboxylic acids is 2. The van der Waals surface area contributed by atoms with Crippen molar-refractivity contribution in [3.8, 4) is 0 Å². The lowest BCUT2D eigenvalue weighted by molar-refractivity contribution is -0.138. The largest absolute Gasteiger partial charge is 0.342 e. The number of likely N-dealkylation sites (tertiary alicyclic amines) is 1. The van der Waals surface area contributed by atoms with Crippen LogP contribution in [0.1, 0.15) is 25.7 Å². The van der Waals surface area contributed by atoms with Gasteiger partial charge in [0.05, 0.1) is 10.9 Å². The first kappa shape index (κ1) is 23.0. The van der Waals surface area contributed by atoms with Gasteiger partial charge in [-0.3, -0.25) is 9.59 Å². The van der Waals surface area contributed by atoms with E-state index in [-0.39, 0.29) is 48.5 Å². The number of anilines is 1. The number of rotatable bonds is 3. The Morgan fingerprint density at radius 3 is 2.46 bits per heavy atom. The standard InChI is InChI=1S/C17H23ClN4O2.2ClH/c18-14-3-4-15(20-11-14)21-16(23)12-5-8-22(9-6-12)17(24)13-2-1-7-19-10-13;;/h3-4,11-13,19H,1-2,5-10H2,(H,20,21,23);2*1H. The second-order valence-electron chi connectivity index (χ2n) is 6.49. The van der Waals surface area contributed by atoms with Crippen molar-refractivity contribution in [2.75, 3.05) is 31.5 Å². The Bertz CT molecular complexity index is 586. The van der Waals surface area contributed by atoms with Gasteiger partial charge >= 0.3 is 0 Å². The number of aromatic nitrogens is 1. The zero-order chi connectivity index (χ0) is 16.9. The SMILES string of the molecule is Cl.Cl.O=C(Nc1ccc(Cl)cn1)C1CCN(C(=O)C2CCCNC2)CC1. The highest BCUT2D eigenvalue weighted by molar-refractivity contribution is 6.30. The topological polar surface area (TPSA) is 74.3 Å². The van der Waals surface area contributed by atoms with Crippen LogP contribution in [0.25, 0.3) is 0 Å². The smallest absolute Gasteiger partial charge is 0.228 e. The summed E-state index contributed by atoms with van der Waals surface area (Å²) in [5.74, 6) is 0.742. The van der Waals surface area contributed by atoms with Crippen LogP contribution in [-0.2, 0) is 9.59 Å². The molecule has 146 valence electrons. The molecule has 2 amide bonds. The molecule has 2 aliphatic heterocycles. The Hall–Kier alpha value is -1.08. The number of pyridine rings is 1. The molecule has 1 unspecified atom stereocenters. The number of hydrogen-bond acceptors (Lipinski definition) is 4. The van der Waals surface area contributed by atoms with E-state index in [4.69, 9.17) is 11.6 Å². The lowest BCUT2D eigenvalue weighted by Gasteiger charge is -2.34. The van der Waals surface area contributed by atoms with Crippen molar-refractivity contribution >= 4 is 54.0 Å². The highest BCUT2D eigenvalue weighted by Crippen LogP contribution is 2.22. The molecule has 0 aromatic carbocycles. The number of nitrogens with zero attached hydrogens (tertiary/aromatic N) is 2. The van der Waals surface area contributed by atoms with Gasteiger partial charge in [-0.2, -0.15) is 0 Å². The van der Waals surface area contributed by atoms with Crippen LogP contribution in [0.2, 0.25) is 5.02 Å². The van der Waals surface area contributed by atoms with Crippen LogP contribution >= 0.6 is 36.4 Å². The molecule has 1 aromatic rings. The van der Waals surface area contributed by atoms with E-state index in [0.29, 0.717) is 36.8 Å². The molecule has 0 bridgehead atoms. The minimum Gasteiger partial charge on any atom is -0.342 e. The molecule has 26 heavy (non-hydrogen) atoms. The first-order chi connectivity index (χ1) is 11.6. The van der Waals surface area contributed by atoms with E-state index in [0.717, 1.165) is 25.9 Å². The molecule has 2 aliphatic rings. The number of carbonyl (C=O) groups is 2. The quantitative estimate of drug-likeness (QED) is 0.784. The summed E-state index contributed by atoms with van der Waals surface area (Å²) in [7, 11) is 0. The normalized spacial score (nSPS) is 20.5. The van der Waals surface area contributed by atoms with Crippen molar-refractivity contribution in [1.29, 1.82) is 0 Å². The van der Waals surface area contributed by atoms with E-state index in [1.54, 1.807) is 12.1 Å². The van der Waals surface area contributed by atoms with Crippen LogP contribution in [0, 0.1) is 11.8 Å². The first-order valence-electron chi connectivity index (χ1n) is 8.55. The Morgan fingerprint density at radius 1 is 1.15 bits per heavy atom. The summed E-state index contributed by atoms with van der Waals surface area (Å²) in [6.45, 7) is 3.09. The monoisotopic (exact) mass is 422 g/mol. The number of halogens is 3. The zero-order valence-electron chi connectivity index (χ0n) is 14.4. The van der Waals surface area contributed by atoms with Gasteiger partial charge in [0.25, 0.3) is 0 Å². The summed E-state index contributed by atoms with van der Waals surface area (Å²) in [6, 6.07) is 3.39. The van der Waals surface area contributed by atoms with Crippen molar-refractivity contribution in [3.05, 3.63) is 23.4 Å². The molecule has 1 aromatic heterocycles. The summed E-state index contributed by atoms with van der Waals surface area (Å²) >= 11 is 5.79. The van der Waals surface area contributed by atoms with Gasteiger partial charge in [-0.05, 0) is 44.4 Å². The molecule has 0 aliphatic carbocycles. The van der Waals surface area contributed by atoms with Gasteiger partial charge in [0.2, 0.25) is 11.8 Å². The maximum atomic E-state index is 12.5. The molecule has 0 saturated carbocycles. The van der Waals surface area contributed by atoms with Crippen LogP contribution in [0.5, 0.6) is 0 Å². The Kier molecular flexibility index (Phi) is 9.64. The minimum atomic E-state index is -0.0731. The third kappa shape index (κ3) is 5.98. The Balaban J connectivity index is 0.00000169. The molecule has 0 spiro atoms. The van der Waals surface area contributed by atoms with Crippen LogP contribution in [0.3, 0.4) is 0 Å². The molecule has 2 fully saturated rings. The molecule has 6 nitrogen and oxygen atoms in total. The predicted octanol–water partition coefficient (Wildman–Crippen LogP) is 2.76. The summed E-state index contributed by atoms with van der Waals surface area (Å²) in [5.41, 5.74) is 0. The second-order valence-corrected chi connectivity index (χ2v) is 6.93. The van der Waals surface area contributed by atoms with Gasteiger partial charge in [0.15, 0.2) is 0 Å². The zero-order valence-corrected chi connectivity index (χ0v) is 16.8. The van der Waals surface area contributed by atoms with Crippen molar-refractivity contribution in [2.45, 2.75) is 25.7 Å². The summed E-state index contributed by atoms with van der Waals surface area (Å²) in [6.07, 6.45) is 4.94. The lowest BCUT2D eigenvalue weighted by Crippen LogP contribution is -2.47. The van der Waals surface area contributed by atoms with Crippen LogP contribution in [0.15, 0.2) is 18.3 Å². The predicted molar refractivity (Wildman–Crippen MR) is 107 cm³/mol. The maximum absolute atomic E-state index is 12.5. The van der Waals surface area contributed by atoms with Gasteiger partial charge in [-0.25, -0.2) is 4.98 Å². The van der Waals surface area contributed by atoms with E-state index in [1.165, 1.54) is 6.20 Å². The average molecular weight is 424 g/mol. The third-order valence-corrected chi connectivity index (χ3v) is 5.03. The highest BCUT2D eigenvalue weighted by atomic mass is 35.5. The van der Waals surface area contributed by atoms with Crippen molar-refractivity contribution in [2.24, 2.45) is 11.8 Å². The molecule has 9 heteroatoms. The molecular formula is C17H25Cl3N4O2.